The van der Waals surface area contributed by atoms with E-state index in [1.54, 1.807) is 13.8 Å². The molecule has 0 aromatic rings. The Balaban J connectivity index is 2.36. The molecule has 2 unspecified atom stereocenters. The summed E-state index contributed by atoms with van der Waals surface area (Å²) in [6.07, 6.45) is -5.17. The Kier molecular flexibility index (Phi) is 3.59. The number of nitrogens with one attached hydrogen (secondary N) is 1. The van der Waals surface area contributed by atoms with Gasteiger partial charge in [0.2, 0.25) is 5.91 Å². The minimum absolute atomic E-state index is 0.0337. The highest BCUT2D eigenvalue weighted by Gasteiger charge is 2.34. The highest BCUT2D eigenvalue weighted by Crippen LogP contribution is 2.22. The van der Waals surface area contributed by atoms with Crippen LogP contribution in [-0.4, -0.2) is 35.7 Å². The van der Waals surface area contributed by atoms with Crippen molar-refractivity contribution in [1.82, 2.24) is 10.2 Å². The Morgan fingerprint density at radius 3 is 2.40 bits per heavy atom. The lowest BCUT2D eigenvalue weighted by Crippen LogP contribution is -2.35. The van der Waals surface area contributed by atoms with Crippen LogP contribution in [0.5, 0.6) is 0 Å². The van der Waals surface area contributed by atoms with Crippen molar-refractivity contribution in [2.75, 3.05) is 6.54 Å². The molecule has 1 N–H and O–H groups in total. The zero-order valence-corrected chi connectivity index (χ0v) is 8.77. The third-order valence-corrected chi connectivity index (χ3v) is 2.47. The maximum Gasteiger partial charge on any atom is 0.389 e. The predicted octanol–water partition coefficient (Wildman–Crippen LogP) is 1.50. The maximum absolute atomic E-state index is 11.9. The summed E-state index contributed by atoms with van der Waals surface area (Å²) in [5.41, 5.74) is 0. The molecule has 6 heteroatoms. The number of halogens is 3. The third kappa shape index (κ3) is 3.37. The van der Waals surface area contributed by atoms with Gasteiger partial charge in [-0.05, 0) is 20.3 Å². The normalized spacial score (nSPS) is 27.5. The molecule has 1 aliphatic heterocycles. The standard InChI is InChI=1S/C9H15F3N2O/c1-6-8(15)14(7(2)13-6)5-3-4-9(10,11)12/h6-7,13H,3-5H2,1-2H3. The highest BCUT2D eigenvalue weighted by molar-refractivity contribution is 5.83. The first kappa shape index (κ1) is 12.3. The molecule has 15 heavy (non-hydrogen) atoms. The molecule has 2 atom stereocenters. The topological polar surface area (TPSA) is 32.3 Å². The Bertz CT molecular complexity index is 242. The van der Waals surface area contributed by atoms with Crippen LogP contribution >= 0.6 is 0 Å². The average Bonchev–Trinajstić information content (AvgIpc) is 2.29. The number of hydrogen-bond acceptors (Lipinski definition) is 2. The second kappa shape index (κ2) is 4.38. The monoisotopic (exact) mass is 224 g/mol. The van der Waals surface area contributed by atoms with Gasteiger partial charge >= 0.3 is 6.18 Å². The van der Waals surface area contributed by atoms with E-state index >= 15 is 0 Å². The van der Waals surface area contributed by atoms with Crippen molar-refractivity contribution in [2.24, 2.45) is 0 Å². The highest BCUT2D eigenvalue weighted by atomic mass is 19.4. The van der Waals surface area contributed by atoms with E-state index in [1.807, 2.05) is 0 Å². The molecule has 0 saturated carbocycles. The van der Waals surface area contributed by atoms with Crippen LogP contribution < -0.4 is 5.32 Å². The summed E-state index contributed by atoms with van der Waals surface area (Å²) in [7, 11) is 0. The van der Waals surface area contributed by atoms with Gasteiger partial charge in [0, 0.05) is 13.0 Å². The first-order valence-corrected chi connectivity index (χ1v) is 4.94. The molecule has 0 bridgehead atoms. The van der Waals surface area contributed by atoms with Gasteiger partial charge in [0.1, 0.15) is 0 Å². The second-order valence-electron chi connectivity index (χ2n) is 3.81. The van der Waals surface area contributed by atoms with E-state index in [9.17, 15) is 18.0 Å². The summed E-state index contributed by atoms with van der Waals surface area (Å²) in [5, 5.41) is 2.96. The Morgan fingerprint density at radius 2 is 2.00 bits per heavy atom. The summed E-state index contributed by atoms with van der Waals surface area (Å²) in [4.78, 5) is 12.9. The van der Waals surface area contributed by atoms with Crippen molar-refractivity contribution in [3.8, 4) is 0 Å². The Labute approximate surface area is 86.6 Å². The van der Waals surface area contributed by atoms with E-state index in [-0.39, 0.29) is 31.1 Å². The number of amides is 1. The SMILES string of the molecule is CC1NC(C)N(CCCC(F)(F)F)C1=O. The summed E-state index contributed by atoms with van der Waals surface area (Å²) in [6.45, 7) is 3.65. The lowest BCUT2D eigenvalue weighted by Gasteiger charge is -2.20. The van der Waals surface area contributed by atoms with Crippen molar-refractivity contribution in [1.29, 1.82) is 0 Å². The van der Waals surface area contributed by atoms with Gasteiger partial charge in [0.05, 0.1) is 12.2 Å². The van der Waals surface area contributed by atoms with Crippen LogP contribution in [0.3, 0.4) is 0 Å². The average molecular weight is 224 g/mol. The second-order valence-corrected chi connectivity index (χ2v) is 3.81. The van der Waals surface area contributed by atoms with Crippen LogP contribution in [0, 0.1) is 0 Å². The van der Waals surface area contributed by atoms with E-state index in [2.05, 4.69) is 5.32 Å². The number of alkyl halides is 3. The van der Waals surface area contributed by atoms with Crippen LogP contribution in [-0.2, 0) is 4.79 Å². The number of nitrogens with zero attached hydrogens (tertiary/aromatic N) is 1. The van der Waals surface area contributed by atoms with Crippen LogP contribution in [0.1, 0.15) is 26.7 Å². The largest absolute Gasteiger partial charge is 0.389 e. The molecule has 0 aromatic heterocycles. The molecule has 0 aliphatic carbocycles. The molecule has 1 fully saturated rings. The Hall–Kier alpha value is -0.780. The van der Waals surface area contributed by atoms with Crippen LogP contribution in [0.25, 0.3) is 0 Å². The molecule has 1 rings (SSSR count). The van der Waals surface area contributed by atoms with Crippen molar-refractivity contribution in [3.63, 3.8) is 0 Å². The molecule has 1 amide bonds. The van der Waals surface area contributed by atoms with E-state index in [4.69, 9.17) is 0 Å². The van der Waals surface area contributed by atoms with Gasteiger partial charge in [-0.25, -0.2) is 0 Å². The predicted molar refractivity (Wildman–Crippen MR) is 49.1 cm³/mol. The molecule has 0 spiro atoms. The summed E-state index contributed by atoms with van der Waals surface area (Å²) >= 11 is 0. The fraction of sp³-hybridized carbons (Fsp3) is 0.889. The molecule has 3 nitrogen and oxygen atoms in total. The molecular weight excluding hydrogens is 209 g/mol. The van der Waals surface area contributed by atoms with E-state index in [1.165, 1.54) is 4.90 Å². The zero-order valence-electron chi connectivity index (χ0n) is 8.77. The smallest absolute Gasteiger partial charge is 0.326 e. The fourth-order valence-electron chi connectivity index (χ4n) is 1.72. The first-order chi connectivity index (χ1) is 6.81. The molecule has 1 aliphatic rings. The lowest BCUT2D eigenvalue weighted by molar-refractivity contribution is -0.139. The molecule has 88 valence electrons. The van der Waals surface area contributed by atoms with E-state index in [0.717, 1.165) is 0 Å². The van der Waals surface area contributed by atoms with Gasteiger partial charge in [0.25, 0.3) is 0 Å². The van der Waals surface area contributed by atoms with Gasteiger partial charge in [-0.15, -0.1) is 0 Å². The van der Waals surface area contributed by atoms with Gasteiger partial charge in [-0.2, -0.15) is 13.2 Å². The maximum atomic E-state index is 11.9. The van der Waals surface area contributed by atoms with Gasteiger partial charge in [0.15, 0.2) is 0 Å². The number of hydrogen-bond donors (Lipinski definition) is 1. The van der Waals surface area contributed by atoms with Crippen LogP contribution in [0.2, 0.25) is 0 Å². The third-order valence-electron chi connectivity index (χ3n) is 2.47. The van der Waals surface area contributed by atoms with Gasteiger partial charge in [-0.1, -0.05) is 0 Å². The summed E-state index contributed by atoms with van der Waals surface area (Å²) in [5.74, 6) is -0.121. The van der Waals surface area contributed by atoms with Crippen LogP contribution in [0.4, 0.5) is 13.2 Å². The van der Waals surface area contributed by atoms with Gasteiger partial charge in [-0.3, -0.25) is 10.1 Å². The molecule has 1 heterocycles. The van der Waals surface area contributed by atoms with Crippen molar-refractivity contribution in [2.45, 2.75) is 45.1 Å². The summed E-state index contributed by atoms with van der Waals surface area (Å²) < 4.78 is 35.6. The first-order valence-electron chi connectivity index (χ1n) is 4.94. The minimum Gasteiger partial charge on any atom is -0.326 e. The van der Waals surface area contributed by atoms with E-state index < -0.39 is 12.6 Å². The van der Waals surface area contributed by atoms with Crippen LogP contribution in [0.15, 0.2) is 0 Å². The number of carbonyl (C=O) groups is 1. The molecular formula is C9H15F3N2O. The molecule has 1 saturated heterocycles. The zero-order chi connectivity index (χ0) is 11.6. The van der Waals surface area contributed by atoms with Crippen molar-refractivity contribution in [3.05, 3.63) is 0 Å². The minimum atomic E-state index is -4.13. The van der Waals surface area contributed by atoms with Crippen molar-refractivity contribution >= 4 is 5.91 Å². The number of carbonyl (C=O) groups excluding carboxylic acids is 1. The summed E-state index contributed by atoms with van der Waals surface area (Å²) in [6, 6.07) is -0.286. The van der Waals surface area contributed by atoms with E-state index in [0.29, 0.717) is 0 Å². The molecule has 0 radical (unpaired) electrons. The Morgan fingerprint density at radius 1 is 1.40 bits per heavy atom. The number of rotatable bonds is 3. The van der Waals surface area contributed by atoms with Crippen molar-refractivity contribution < 1.29 is 18.0 Å². The van der Waals surface area contributed by atoms with Gasteiger partial charge < -0.3 is 4.90 Å². The quantitative estimate of drug-likeness (QED) is 0.787. The molecule has 0 aromatic carbocycles. The lowest BCUT2D eigenvalue weighted by atomic mass is 10.2. The fourth-order valence-corrected chi connectivity index (χ4v) is 1.72.